The third-order valence-electron chi connectivity index (χ3n) is 8.41. The third-order valence-corrected chi connectivity index (χ3v) is 8.41. The first-order chi connectivity index (χ1) is 19.7. The zero-order chi connectivity index (χ0) is 28.8. The van der Waals surface area contributed by atoms with Crippen molar-refractivity contribution >= 4 is 11.8 Å². The van der Waals surface area contributed by atoms with Gasteiger partial charge in [0.15, 0.2) is 0 Å². The second kappa shape index (κ2) is 10.4. The van der Waals surface area contributed by atoms with E-state index < -0.39 is 5.54 Å². The van der Waals surface area contributed by atoms with Crippen LogP contribution in [0.2, 0.25) is 0 Å². The van der Waals surface area contributed by atoms with E-state index in [4.69, 9.17) is 4.74 Å². The molecule has 0 aliphatic carbocycles. The van der Waals surface area contributed by atoms with E-state index in [-0.39, 0.29) is 23.3 Å². The number of ether oxygens (including phenoxy) is 1. The maximum atomic E-state index is 14.3. The van der Waals surface area contributed by atoms with E-state index in [0.717, 1.165) is 47.5 Å². The summed E-state index contributed by atoms with van der Waals surface area (Å²) in [6.45, 7) is 12.5. The molecule has 1 unspecified atom stereocenters. The van der Waals surface area contributed by atoms with Gasteiger partial charge in [-0.05, 0) is 41.0 Å². The first-order valence-electron chi connectivity index (χ1n) is 14.3. The summed E-state index contributed by atoms with van der Waals surface area (Å²) in [6.07, 6.45) is 5.80. The van der Waals surface area contributed by atoms with Crippen LogP contribution in [0, 0.1) is 0 Å². The van der Waals surface area contributed by atoms with Crippen LogP contribution in [0.3, 0.4) is 0 Å². The summed E-state index contributed by atoms with van der Waals surface area (Å²) in [5, 5.41) is 3.47. The van der Waals surface area contributed by atoms with E-state index in [0.29, 0.717) is 37.4 Å². The molecule has 2 amide bonds. The second-order valence-electron chi connectivity index (χ2n) is 12.3. The topological polar surface area (TPSA) is 87.7 Å². The number of nitrogens with zero attached hydrogens (tertiary/aromatic N) is 4. The van der Waals surface area contributed by atoms with Crippen molar-refractivity contribution in [3.63, 3.8) is 0 Å². The van der Waals surface area contributed by atoms with Gasteiger partial charge in [-0.15, -0.1) is 0 Å². The highest BCUT2D eigenvalue weighted by molar-refractivity contribution is 5.97. The van der Waals surface area contributed by atoms with Crippen molar-refractivity contribution in [3.8, 4) is 0 Å². The molecule has 1 aromatic heterocycles. The number of rotatable bonds is 6. The normalized spacial score (nSPS) is 22.3. The Morgan fingerprint density at radius 1 is 1.10 bits per heavy atom. The van der Waals surface area contributed by atoms with Crippen molar-refractivity contribution in [2.75, 3.05) is 6.61 Å². The second-order valence-corrected chi connectivity index (χ2v) is 12.3. The van der Waals surface area contributed by atoms with Crippen LogP contribution in [0.25, 0.3) is 0 Å². The number of nitrogens with one attached hydrogen (secondary N) is 1. The van der Waals surface area contributed by atoms with Gasteiger partial charge in [-0.1, -0.05) is 69.8 Å². The zero-order valence-corrected chi connectivity index (χ0v) is 24.0. The fourth-order valence-electron chi connectivity index (χ4n) is 6.30. The maximum absolute atomic E-state index is 14.3. The molecule has 0 bridgehead atoms. The summed E-state index contributed by atoms with van der Waals surface area (Å²) in [5.41, 5.74) is 3.85. The van der Waals surface area contributed by atoms with Crippen LogP contribution in [0.1, 0.15) is 78.5 Å². The highest BCUT2D eigenvalue weighted by Gasteiger charge is 2.51. The zero-order valence-electron chi connectivity index (χ0n) is 24.0. The van der Waals surface area contributed by atoms with E-state index in [9.17, 15) is 9.59 Å². The van der Waals surface area contributed by atoms with Crippen LogP contribution in [0.5, 0.6) is 0 Å². The lowest BCUT2D eigenvalue weighted by Gasteiger charge is -2.30. The smallest absolute Gasteiger partial charge is 0.258 e. The molecule has 3 aliphatic rings. The molecule has 3 aromatic rings. The lowest BCUT2D eigenvalue weighted by Crippen LogP contribution is -2.46. The molecule has 2 aromatic carbocycles. The van der Waals surface area contributed by atoms with E-state index in [1.165, 1.54) is 0 Å². The number of hydrogen-bond donors (Lipinski definition) is 1. The molecule has 212 valence electrons. The first kappa shape index (κ1) is 27.1. The van der Waals surface area contributed by atoms with Crippen molar-refractivity contribution < 1.29 is 14.3 Å². The first-order valence-corrected chi connectivity index (χ1v) is 14.3. The summed E-state index contributed by atoms with van der Waals surface area (Å²) < 4.78 is 5.97. The van der Waals surface area contributed by atoms with Gasteiger partial charge in [-0.2, -0.15) is 0 Å². The van der Waals surface area contributed by atoms with E-state index in [1.807, 2.05) is 48.5 Å². The van der Waals surface area contributed by atoms with E-state index in [1.54, 1.807) is 22.2 Å². The van der Waals surface area contributed by atoms with Gasteiger partial charge in [-0.3, -0.25) is 24.5 Å². The lowest BCUT2D eigenvalue weighted by molar-refractivity contribution is -0.133. The standard InChI is InChI=1S/C33H37N5O3/c1-22-36-33(18-25-11-8-16-41-25,24-9-6-5-7-10-24)31(40)38(22)19-23-12-13-27(32(2,3)4)26(17-23)30(39)37-20-28-29(21-37)35-15-14-34-28/h5-7,9-10,12-15,17,25,36H,1,8,11,16,18-21H2,2-4H3/t25-,33?/m0/s1. The minimum Gasteiger partial charge on any atom is -0.378 e. The quantitative estimate of drug-likeness (QED) is 0.474. The molecule has 0 saturated carbocycles. The predicted octanol–water partition coefficient (Wildman–Crippen LogP) is 4.80. The Balaban J connectivity index is 1.30. The molecule has 0 spiro atoms. The van der Waals surface area contributed by atoms with Crippen LogP contribution in [-0.2, 0) is 40.1 Å². The van der Waals surface area contributed by atoms with Gasteiger partial charge in [0.05, 0.1) is 37.1 Å². The maximum Gasteiger partial charge on any atom is 0.258 e. The molecule has 2 atom stereocenters. The predicted molar refractivity (Wildman–Crippen MR) is 155 cm³/mol. The number of hydrogen-bond acceptors (Lipinski definition) is 6. The van der Waals surface area contributed by atoms with Crippen molar-refractivity contribution in [2.24, 2.45) is 0 Å². The molecule has 6 rings (SSSR count). The number of fused-ring (bicyclic) bond motifs is 1. The van der Waals surface area contributed by atoms with E-state index in [2.05, 4.69) is 42.6 Å². The monoisotopic (exact) mass is 551 g/mol. The number of amides is 2. The fraction of sp³-hybridized carbons (Fsp3) is 0.394. The summed E-state index contributed by atoms with van der Waals surface area (Å²) >= 11 is 0. The Labute approximate surface area is 241 Å². The Morgan fingerprint density at radius 2 is 1.80 bits per heavy atom. The van der Waals surface area contributed by atoms with Gasteiger partial charge in [0, 0.05) is 31.0 Å². The van der Waals surface area contributed by atoms with Gasteiger partial charge in [0.1, 0.15) is 11.4 Å². The molecule has 8 heteroatoms. The Kier molecular flexibility index (Phi) is 6.90. The van der Waals surface area contributed by atoms with Gasteiger partial charge in [-0.25, -0.2) is 0 Å². The number of carbonyl (C=O) groups excluding carboxylic acids is 2. The van der Waals surface area contributed by atoms with Gasteiger partial charge >= 0.3 is 0 Å². The van der Waals surface area contributed by atoms with Crippen LogP contribution < -0.4 is 5.32 Å². The average molecular weight is 552 g/mol. The third kappa shape index (κ3) is 5.01. The highest BCUT2D eigenvalue weighted by Crippen LogP contribution is 2.39. The molecular formula is C33H37N5O3. The summed E-state index contributed by atoms with van der Waals surface area (Å²) in [4.78, 5) is 40.5. The minimum atomic E-state index is -0.946. The summed E-state index contributed by atoms with van der Waals surface area (Å²) in [5.74, 6) is 0.444. The molecule has 1 N–H and O–H groups in total. The molecule has 41 heavy (non-hydrogen) atoms. The molecule has 8 nitrogen and oxygen atoms in total. The van der Waals surface area contributed by atoms with Crippen molar-refractivity contribution in [2.45, 2.75) is 76.7 Å². The highest BCUT2D eigenvalue weighted by atomic mass is 16.5. The molecule has 2 fully saturated rings. The molecular weight excluding hydrogens is 514 g/mol. The summed E-state index contributed by atoms with van der Waals surface area (Å²) in [7, 11) is 0. The number of aromatic nitrogens is 2. The van der Waals surface area contributed by atoms with Crippen molar-refractivity contribution in [1.29, 1.82) is 0 Å². The Hall–Kier alpha value is -4.04. The van der Waals surface area contributed by atoms with Crippen LogP contribution in [-0.4, -0.2) is 44.3 Å². The van der Waals surface area contributed by atoms with Gasteiger partial charge in [0.25, 0.3) is 11.8 Å². The Bertz CT molecular complexity index is 1470. The van der Waals surface area contributed by atoms with Gasteiger partial charge in [0.2, 0.25) is 0 Å². The summed E-state index contributed by atoms with van der Waals surface area (Å²) in [6, 6.07) is 15.8. The minimum absolute atomic E-state index is 0.00302. The van der Waals surface area contributed by atoms with Crippen LogP contribution in [0.15, 0.2) is 73.3 Å². The number of benzene rings is 2. The SMILES string of the molecule is C=C1NC(C[C@@H]2CCCO2)(c2ccccc2)C(=O)N1Cc1ccc(C(C)(C)C)c(C(=O)N2Cc3nccnc3C2)c1. The van der Waals surface area contributed by atoms with Gasteiger partial charge < -0.3 is 15.0 Å². The molecule has 0 radical (unpaired) electrons. The van der Waals surface area contributed by atoms with Crippen LogP contribution in [0.4, 0.5) is 0 Å². The molecule has 4 heterocycles. The Morgan fingerprint density at radius 3 is 2.44 bits per heavy atom. The fourth-order valence-corrected chi connectivity index (χ4v) is 6.30. The lowest BCUT2D eigenvalue weighted by atomic mass is 9.82. The molecule has 2 saturated heterocycles. The average Bonchev–Trinajstić information content (AvgIpc) is 3.69. The van der Waals surface area contributed by atoms with Crippen molar-refractivity contribution in [3.05, 3.63) is 107 Å². The number of carbonyl (C=O) groups is 2. The molecule has 3 aliphatic heterocycles. The van der Waals surface area contributed by atoms with Crippen molar-refractivity contribution in [1.82, 2.24) is 25.1 Å². The van der Waals surface area contributed by atoms with Crippen LogP contribution >= 0.6 is 0 Å². The largest absolute Gasteiger partial charge is 0.378 e. The van der Waals surface area contributed by atoms with E-state index >= 15 is 0 Å².